The van der Waals surface area contributed by atoms with Crippen LogP contribution in [0.15, 0.2) is 48.5 Å². The molecule has 0 spiro atoms. The van der Waals surface area contributed by atoms with E-state index >= 15 is 0 Å². The van der Waals surface area contributed by atoms with Gasteiger partial charge in [0.2, 0.25) is 0 Å². The third kappa shape index (κ3) is 6.70. The standard InChI is InChI=1S/C24H29FN2O4/c1-24(2,3)31-23(29)26-19-12-14-27(15-13-19)22(28)20-6-4-5-7-21(20)30-16-17-8-10-18(25)11-9-17/h4-11,19H,12-16H2,1-3H3,(H,26,29). The van der Waals surface area contributed by atoms with Crippen molar-refractivity contribution in [3.63, 3.8) is 0 Å². The minimum atomic E-state index is -0.543. The molecule has 1 aliphatic heterocycles. The van der Waals surface area contributed by atoms with Crippen LogP contribution >= 0.6 is 0 Å². The van der Waals surface area contributed by atoms with E-state index in [2.05, 4.69) is 5.32 Å². The highest BCUT2D eigenvalue weighted by atomic mass is 19.1. The van der Waals surface area contributed by atoms with Gasteiger partial charge in [-0.1, -0.05) is 24.3 Å². The van der Waals surface area contributed by atoms with Crippen molar-refractivity contribution in [1.82, 2.24) is 10.2 Å². The molecule has 2 aromatic rings. The third-order valence-corrected chi connectivity index (χ3v) is 4.93. The minimum absolute atomic E-state index is 0.0242. The summed E-state index contributed by atoms with van der Waals surface area (Å²) in [5, 5.41) is 2.88. The Balaban J connectivity index is 1.56. The number of benzene rings is 2. The second-order valence-corrected chi connectivity index (χ2v) is 8.62. The summed E-state index contributed by atoms with van der Waals surface area (Å²) in [5.41, 5.74) is 0.763. The molecule has 0 atom stereocenters. The molecule has 166 valence electrons. The van der Waals surface area contributed by atoms with Crippen LogP contribution in [0.3, 0.4) is 0 Å². The minimum Gasteiger partial charge on any atom is -0.488 e. The first-order chi connectivity index (χ1) is 14.7. The molecule has 0 aromatic heterocycles. The summed E-state index contributed by atoms with van der Waals surface area (Å²) in [6, 6.07) is 13.2. The van der Waals surface area contributed by atoms with E-state index in [0.29, 0.717) is 37.2 Å². The number of para-hydroxylation sites is 1. The van der Waals surface area contributed by atoms with E-state index in [9.17, 15) is 14.0 Å². The fourth-order valence-electron chi connectivity index (χ4n) is 3.38. The first kappa shape index (κ1) is 22.6. The summed E-state index contributed by atoms with van der Waals surface area (Å²) in [6.45, 7) is 6.78. The van der Waals surface area contributed by atoms with E-state index < -0.39 is 11.7 Å². The van der Waals surface area contributed by atoms with Crippen molar-refractivity contribution in [3.05, 3.63) is 65.5 Å². The number of nitrogens with one attached hydrogen (secondary N) is 1. The Morgan fingerprint density at radius 1 is 1.06 bits per heavy atom. The highest BCUT2D eigenvalue weighted by Crippen LogP contribution is 2.23. The van der Waals surface area contributed by atoms with Crippen LogP contribution in [0, 0.1) is 5.82 Å². The smallest absolute Gasteiger partial charge is 0.407 e. The lowest BCUT2D eigenvalue weighted by Gasteiger charge is -2.33. The number of piperidine rings is 1. The lowest BCUT2D eigenvalue weighted by molar-refractivity contribution is 0.0473. The fourth-order valence-corrected chi connectivity index (χ4v) is 3.38. The first-order valence-electron chi connectivity index (χ1n) is 10.5. The predicted octanol–water partition coefficient (Wildman–Crippen LogP) is 4.53. The molecule has 0 bridgehead atoms. The number of nitrogens with zero attached hydrogens (tertiary/aromatic N) is 1. The molecule has 0 unspecified atom stereocenters. The van der Waals surface area contributed by atoms with Gasteiger partial charge in [-0.15, -0.1) is 0 Å². The SMILES string of the molecule is CC(C)(C)OC(=O)NC1CCN(C(=O)c2ccccc2OCc2ccc(F)cc2)CC1. The summed E-state index contributed by atoms with van der Waals surface area (Å²) in [4.78, 5) is 26.8. The van der Waals surface area contributed by atoms with Crippen LogP contribution in [0.25, 0.3) is 0 Å². The van der Waals surface area contributed by atoms with Gasteiger partial charge in [-0.05, 0) is 63.4 Å². The van der Waals surface area contributed by atoms with Gasteiger partial charge in [0.05, 0.1) is 5.56 Å². The Morgan fingerprint density at radius 3 is 2.35 bits per heavy atom. The van der Waals surface area contributed by atoms with Crippen LogP contribution in [0.1, 0.15) is 49.5 Å². The highest BCUT2D eigenvalue weighted by Gasteiger charge is 2.27. The Morgan fingerprint density at radius 2 is 1.71 bits per heavy atom. The van der Waals surface area contributed by atoms with Gasteiger partial charge < -0.3 is 19.7 Å². The number of hydrogen-bond donors (Lipinski definition) is 1. The van der Waals surface area contributed by atoms with E-state index in [0.717, 1.165) is 5.56 Å². The number of likely N-dealkylation sites (tertiary alicyclic amines) is 1. The van der Waals surface area contributed by atoms with E-state index in [1.807, 2.05) is 26.8 Å². The molecule has 1 fully saturated rings. The average molecular weight is 429 g/mol. The van der Waals surface area contributed by atoms with Gasteiger partial charge in [-0.25, -0.2) is 9.18 Å². The molecule has 0 radical (unpaired) electrons. The van der Waals surface area contributed by atoms with Crippen molar-refractivity contribution < 1.29 is 23.5 Å². The number of carbonyl (C=O) groups is 2. The van der Waals surface area contributed by atoms with Crippen molar-refractivity contribution in [3.8, 4) is 5.75 Å². The van der Waals surface area contributed by atoms with Crippen molar-refractivity contribution in [2.45, 2.75) is 51.9 Å². The fraction of sp³-hybridized carbons (Fsp3) is 0.417. The summed E-state index contributed by atoms with van der Waals surface area (Å²) in [6.07, 6.45) is 0.879. The van der Waals surface area contributed by atoms with Crippen LogP contribution in [-0.4, -0.2) is 41.6 Å². The van der Waals surface area contributed by atoms with Crippen LogP contribution in [-0.2, 0) is 11.3 Å². The molecule has 1 aliphatic rings. The predicted molar refractivity (Wildman–Crippen MR) is 115 cm³/mol. The molecule has 1 heterocycles. The second kappa shape index (κ2) is 9.81. The number of halogens is 1. The molecule has 1 saturated heterocycles. The van der Waals surface area contributed by atoms with Gasteiger partial charge in [0, 0.05) is 19.1 Å². The lowest BCUT2D eigenvalue weighted by Crippen LogP contribution is -2.47. The van der Waals surface area contributed by atoms with Gasteiger partial charge in [0.15, 0.2) is 0 Å². The molecule has 31 heavy (non-hydrogen) atoms. The van der Waals surface area contributed by atoms with Crippen molar-refractivity contribution in [2.24, 2.45) is 0 Å². The molecule has 0 aliphatic carbocycles. The largest absolute Gasteiger partial charge is 0.488 e. The normalized spacial score (nSPS) is 14.8. The molecule has 6 nitrogen and oxygen atoms in total. The molecule has 0 saturated carbocycles. The maximum absolute atomic E-state index is 13.1. The molecule has 2 amide bonds. The zero-order chi connectivity index (χ0) is 22.4. The van der Waals surface area contributed by atoms with Gasteiger partial charge in [-0.2, -0.15) is 0 Å². The molecule has 2 aromatic carbocycles. The van der Waals surface area contributed by atoms with Crippen molar-refractivity contribution >= 4 is 12.0 Å². The van der Waals surface area contributed by atoms with Gasteiger partial charge in [0.25, 0.3) is 5.91 Å². The molecular weight excluding hydrogens is 399 g/mol. The topological polar surface area (TPSA) is 67.9 Å². The Labute approximate surface area is 182 Å². The average Bonchev–Trinajstić information content (AvgIpc) is 2.72. The van der Waals surface area contributed by atoms with Crippen molar-refractivity contribution in [2.75, 3.05) is 13.1 Å². The molecule has 1 N–H and O–H groups in total. The Hall–Kier alpha value is -3.09. The number of carbonyl (C=O) groups excluding carboxylic acids is 2. The number of hydrogen-bond acceptors (Lipinski definition) is 4. The van der Waals surface area contributed by atoms with Crippen LogP contribution in [0.2, 0.25) is 0 Å². The first-order valence-corrected chi connectivity index (χ1v) is 10.5. The summed E-state index contributed by atoms with van der Waals surface area (Å²) >= 11 is 0. The molecular formula is C24H29FN2O4. The zero-order valence-corrected chi connectivity index (χ0v) is 18.2. The highest BCUT2D eigenvalue weighted by molar-refractivity contribution is 5.97. The Bertz CT molecular complexity index is 901. The maximum atomic E-state index is 13.1. The summed E-state index contributed by atoms with van der Waals surface area (Å²) < 4.78 is 24.2. The van der Waals surface area contributed by atoms with Gasteiger partial charge in [-0.3, -0.25) is 4.79 Å². The van der Waals surface area contributed by atoms with E-state index in [-0.39, 0.29) is 24.4 Å². The number of amides is 2. The molecule has 3 rings (SSSR count). The number of rotatable bonds is 5. The monoisotopic (exact) mass is 428 g/mol. The van der Waals surface area contributed by atoms with E-state index in [4.69, 9.17) is 9.47 Å². The van der Waals surface area contributed by atoms with Crippen molar-refractivity contribution in [1.29, 1.82) is 0 Å². The van der Waals surface area contributed by atoms with Crippen LogP contribution in [0.4, 0.5) is 9.18 Å². The van der Waals surface area contributed by atoms with E-state index in [1.165, 1.54) is 12.1 Å². The molecule has 7 heteroatoms. The van der Waals surface area contributed by atoms with Gasteiger partial charge >= 0.3 is 6.09 Å². The quantitative estimate of drug-likeness (QED) is 0.760. The van der Waals surface area contributed by atoms with Crippen LogP contribution < -0.4 is 10.1 Å². The number of alkyl carbamates (subject to hydrolysis) is 1. The number of ether oxygens (including phenoxy) is 2. The summed E-state index contributed by atoms with van der Waals surface area (Å²) in [7, 11) is 0. The maximum Gasteiger partial charge on any atom is 0.407 e. The second-order valence-electron chi connectivity index (χ2n) is 8.62. The summed E-state index contributed by atoms with van der Waals surface area (Å²) in [5.74, 6) is 0.0835. The van der Waals surface area contributed by atoms with E-state index in [1.54, 1.807) is 35.2 Å². The third-order valence-electron chi connectivity index (χ3n) is 4.93. The van der Waals surface area contributed by atoms with Crippen LogP contribution in [0.5, 0.6) is 5.75 Å². The lowest BCUT2D eigenvalue weighted by atomic mass is 10.0. The Kier molecular flexibility index (Phi) is 7.15. The van der Waals surface area contributed by atoms with Gasteiger partial charge in [0.1, 0.15) is 23.8 Å². The zero-order valence-electron chi connectivity index (χ0n) is 18.2.